The van der Waals surface area contributed by atoms with E-state index < -0.39 is 5.54 Å². The average Bonchev–Trinajstić information content (AvgIpc) is 2.72. The number of benzene rings is 1. The van der Waals surface area contributed by atoms with Gasteiger partial charge in [-0.05, 0) is 37.0 Å². The molecule has 1 heterocycles. The van der Waals surface area contributed by atoms with Crippen LogP contribution in [-0.4, -0.2) is 24.5 Å². The van der Waals surface area contributed by atoms with E-state index in [0.29, 0.717) is 26.1 Å². The topological polar surface area (TPSA) is 52.3 Å². The Balaban J connectivity index is 2.18. The smallest absolute Gasteiger partial charge is 0.159 e. The van der Waals surface area contributed by atoms with Gasteiger partial charge in [-0.25, -0.2) is 0 Å². The van der Waals surface area contributed by atoms with Crippen LogP contribution in [0.1, 0.15) is 23.1 Å². The molecule has 0 radical (unpaired) electrons. The van der Waals surface area contributed by atoms with E-state index in [0.717, 1.165) is 16.7 Å². The third kappa shape index (κ3) is 2.40. The Morgan fingerprint density at radius 3 is 2.59 bits per heavy atom. The van der Waals surface area contributed by atoms with Crippen molar-refractivity contribution >= 4 is 5.78 Å². The Bertz CT molecular complexity index is 414. The van der Waals surface area contributed by atoms with Crippen molar-refractivity contribution < 1.29 is 9.53 Å². The van der Waals surface area contributed by atoms with E-state index in [1.54, 1.807) is 0 Å². The van der Waals surface area contributed by atoms with Crippen molar-refractivity contribution in [1.29, 1.82) is 0 Å². The highest BCUT2D eigenvalue weighted by Gasteiger charge is 2.37. The standard InChI is InChI=1S/C14H19NO2/c1-10-4-3-5-11(2)12(10)8-13(16)14(15)6-7-17-9-14/h3-5H,6-9,15H2,1-2H3. The molecular formula is C14H19NO2. The first kappa shape index (κ1) is 12.3. The van der Waals surface area contributed by atoms with Crippen LogP contribution in [0.25, 0.3) is 0 Å². The van der Waals surface area contributed by atoms with Crippen LogP contribution in [-0.2, 0) is 16.0 Å². The van der Waals surface area contributed by atoms with Gasteiger partial charge in [0.2, 0.25) is 0 Å². The molecule has 0 amide bonds. The van der Waals surface area contributed by atoms with Crippen LogP contribution in [0.5, 0.6) is 0 Å². The average molecular weight is 233 g/mol. The van der Waals surface area contributed by atoms with Crippen molar-refractivity contribution in [2.75, 3.05) is 13.2 Å². The predicted octanol–water partition coefficient (Wildman–Crippen LogP) is 1.53. The molecule has 1 fully saturated rings. The molecule has 3 heteroatoms. The number of Topliss-reactive ketones (excluding diaryl/α,β-unsaturated/α-hetero) is 1. The van der Waals surface area contributed by atoms with E-state index in [1.165, 1.54) is 0 Å². The van der Waals surface area contributed by atoms with Crippen molar-refractivity contribution in [1.82, 2.24) is 0 Å². The minimum absolute atomic E-state index is 0.0902. The molecule has 0 spiro atoms. The molecule has 1 atom stereocenters. The van der Waals surface area contributed by atoms with Gasteiger partial charge in [-0.1, -0.05) is 18.2 Å². The molecule has 0 aliphatic carbocycles. The zero-order valence-corrected chi connectivity index (χ0v) is 10.5. The van der Waals surface area contributed by atoms with Gasteiger partial charge < -0.3 is 10.5 Å². The fourth-order valence-corrected chi connectivity index (χ4v) is 2.27. The van der Waals surface area contributed by atoms with Gasteiger partial charge in [0.15, 0.2) is 5.78 Å². The first-order valence-electron chi connectivity index (χ1n) is 5.98. The lowest BCUT2D eigenvalue weighted by Crippen LogP contribution is -2.49. The summed E-state index contributed by atoms with van der Waals surface area (Å²) in [5, 5.41) is 0. The minimum Gasteiger partial charge on any atom is -0.379 e. The fourth-order valence-electron chi connectivity index (χ4n) is 2.27. The predicted molar refractivity (Wildman–Crippen MR) is 67.0 cm³/mol. The summed E-state index contributed by atoms with van der Waals surface area (Å²) < 4.78 is 5.23. The van der Waals surface area contributed by atoms with Gasteiger partial charge in [-0.3, -0.25) is 4.79 Å². The van der Waals surface area contributed by atoms with Gasteiger partial charge in [0.25, 0.3) is 0 Å². The maximum absolute atomic E-state index is 12.2. The molecule has 92 valence electrons. The maximum Gasteiger partial charge on any atom is 0.159 e. The van der Waals surface area contributed by atoms with Crippen LogP contribution in [0.3, 0.4) is 0 Å². The van der Waals surface area contributed by atoms with Gasteiger partial charge >= 0.3 is 0 Å². The molecule has 1 aliphatic heterocycles. The largest absolute Gasteiger partial charge is 0.379 e. The van der Waals surface area contributed by atoms with Crippen molar-refractivity contribution in [3.05, 3.63) is 34.9 Å². The molecule has 0 saturated carbocycles. The molecule has 2 rings (SSSR count). The van der Waals surface area contributed by atoms with E-state index in [-0.39, 0.29) is 5.78 Å². The Morgan fingerprint density at radius 2 is 2.06 bits per heavy atom. The quantitative estimate of drug-likeness (QED) is 0.861. The first-order valence-corrected chi connectivity index (χ1v) is 5.98. The highest BCUT2D eigenvalue weighted by atomic mass is 16.5. The Kier molecular flexibility index (Phi) is 3.31. The van der Waals surface area contributed by atoms with Crippen molar-refractivity contribution in [2.45, 2.75) is 32.2 Å². The molecule has 17 heavy (non-hydrogen) atoms. The van der Waals surface area contributed by atoms with Crippen LogP contribution >= 0.6 is 0 Å². The summed E-state index contributed by atoms with van der Waals surface area (Å²) in [6, 6.07) is 6.07. The van der Waals surface area contributed by atoms with Crippen LogP contribution < -0.4 is 5.73 Å². The van der Waals surface area contributed by atoms with Crippen molar-refractivity contribution in [3.63, 3.8) is 0 Å². The van der Waals surface area contributed by atoms with Crippen LogP contribution in [0, 0.1) is 13.8 Å². The van der Waals surface area contributed by atoms with Crippen LogP contribution in [0.15, 0.2) is 18.2 Å². The number of nitrogens with two attached hydrogens (primary N) is 1. The zero-order valence-electron chi connectivity index (χ0n) is 10.5. The summed E-state index contributed by atoms with van der Waals surface area (Å²) >= 11 is 0. The Hall–Kier alpha value is -1.19. The van der Waals surface area contributed by atoms with Gasteiger partial charge in [0.05, 0.1) is 6.61 Å². The summed E-state index contributed by atoms with van der Waals surface area (Å²) in [4.78, 5) is 12.2. The molecule has 0 aromatic heterocycles. The Labute approximate surface area is 102 Å². The van der Waals surface area contributed by atoms with Gasteiger partial charge in [0.1, 0.15) is 5.54 Å². The summed E-state index contributed by atoms with van der Waals surface area (Å²) in [6.45, 7) is 5.01. The monoisotopic (exact) mass is 233 g/mol. The molecule has 3 nitrogen and oxygen atoms in total. The van der Waals surface area contributed by atoms with Crippen LogP contribution in [0.4, 0.5) is 0 Å². The Morgan fingerprint density at radius 1 is 1.41 bits per heavy atom. The normalized spacial score (nSPS) is 23.9. The number of hydrogen-bond acceptors (Lipinski definition) is 3. The highest BCUT2D eigenvalue weighted by molar-refractivity contribution is 5.90. The summed E-state index contributed by atoms with van der Waals surface area (Å²) in [5.74, 6) is 0.0902. The number of ketones is 1. The minimum atomic E-state index is -0.769. The van der Waals surface area contributed by atoms with Crippen molar-refractivity contribution in [3.8, 4) is 0 Å². The summed E-state index contributed by atoms with van der Waals surface area (Å²) in [6.07, 6.45) is 1.05. The lowest BCUT2D eigenvalue weighted by molar-refractivity contribution is -0.123. The van der Waals surface area contributed by atoms with E-state index >= 15 is 0 Å². The first-order chi connectivity index (χ1) is 8.03. The molecule has 2 N–H and O–H groups in total. The number of hydrogen-bond donors (Lipinski definition) is 1. The van der Waals surface area contributed by atoms with Crippen LogP contribution in [0.2, 0.25) is 0 Å². The molecule has 1 aromatic rings. The highest BCUT2D eigenvalue weighted by Crippen LogP contribution is 2.21. The second-order valence-electron chi connectivity index (χ2n) is 4.93. The van der Waals surface area contributed by atoms with E-state index in [9.17, 15) is 4.79 Å². The molecule has 1 aromatic carbocycles. The van der Waals surface area contributed by atoms with E-state index in [2.05, 4.69) is 0 Å². The SMILES string of the molecule is Cc1cccc(C)c1CC(=O)C1(N)CCOC1. The number of aryl methyl sites for hydroxylation is 2. The molecule has 1 aliphatic rings. The summed E-state index contributed by atoms with van der Waals surface area (Å²) in [5.41, 5.74) is 8.72. The third-order valence-corrected chi connectivity index (χ3v) is 3.59. The van der Waals surface area contributed by atoms with E-state index in [1.807, 2.05) is 32.0 Å². The second-order valence-corrected chi connectivity index (χ2v) is 4.93. The van der Waals surface area contributed by atoms with E-state index in [4.69, 9.17) is 10.5 Å². The third-order valence-electron chi connectivity index (χ3n) is 3.59. The maximum atomic E-state index is 12.2. The fraction of sp³-hybridized carbons (Fsp3) is 0.500. The molecule has 0 bridgehead atoms. The summed E-state index contributed by atoms with van der Waals surface area (Å²) in [7, 11) is 0. The molecule has 1 unspecified atom stereocenters. The van der Waals surface area contributed by atoms with Gasteiger partial charge in [-0.2, -0.15) is 0 Å². The number of rotatable bonds is 3. The number of carbonyl (C=O) groups is 1. The lowest BCUT2D eigenvalue weighted by Gasteiger charge is -2.21. The van der Waals surface area contributed by atoms with Gasteiger partial charge in [0, 0.05) is 13.0 Å². The number of carbonyl (C=O) groups excluding carboxylic acids is 1. The molecular weight excluding hydrogens is 214 g/mol. The van der Waals surface area contributed by atoms with Crippen molar-refractivity contribution in [2.24, 2.45) is 5.73 Å². The molecule has 1 saturated heterocycles. The number of ether oxygens (including phenoxy) is 1. The van der Waals surface area contributed by atoms with Gasteiger partial charge in [-0.15, -0.1) is 0 Å². The zero-order chi connectivity index (χ0) is 12.5. The second kappa shape index (κ2) is 4.59. The lowest BCUT2D eigenvalue weighted by atomic mass is 9.87.